The standard InChI is InChI=1S/C14H16N3O5P/c15-12(14(18)19)7-10-6-11(8-23(20,21)22)17-13(16-10)9-4-2-1-3-5-9/h1-6,12H,7-8,15H2,(H,18,19)(H2,20,21,22). The Bertz CT molecular complexity index is 747. The lowest BCUT2D eigenvalue weighted by Crippen LogP contribution is -2.32. The van der Waals surface area contributed by atoms with E-state index in [1.165, 1.54) is 6.07 Å². The second kappa shape index (κ2) is 6.97. The number of aliphatic carboxylic acids is 1. The van der Waals surface area contributed by atoms with Crippen molar-refractivity contribution in [3.63, 3.8) is 0 Å². The van der Waals surface area contributed by atoms with Gasteiger partial charge in [-0.05, 0) is 6.07 Å². The molecule has 2 aromatic rings. The number of hydrogen-bond acceptors (Lipinski definition) is 5. The Morgan fingerprint density at radius 3 is 2.35 bits per heavy atom. The first kappa shape index (κ1) is 17.2. The van der Waals surface area contributed by atoms with Gasteiger partial charge in [0.05, 0.1) is 11.9 Å². The molecule has 5 N–H and O–H groups in total. The summed E-state index contributed by atoms with van der Waals surface area (Å²) < 4.78 is 11.2. The van der Waals surface area contributed by atoms with Gasteiger partial charge in [0.15, 0.2) is 5.82 Å². The molecule has 0 radical (unpaired) electrons. The van der Waals surface area contributed by atoms with E-state index in [-0.39, 0.29) is 17.9 Å². The molecule has 1 atom stereocenters. The largest absolute Gasteiger partial charge is 0.480 e. The zero-order chi connectivity index (χ0) is 17.0. The second-order valence-corrected chi connectivity index (χ2v) is 6.66. The van der Waals surface area contributed by atoms with Crippen LogP contribution < -0.4 is 5.73 Å². The maximum Gasteiger partial charge on any atom is 0.331 e. The molecule has 2 rings (SSSR count). The summed E-state index contributed by atoms with van der Waals surface area (Å²) in [5.41, 5.74) is 6.61. The summed E-state index contributed by atoms with van der Waals surface area (Å²) in [6.45, 7) is 0. The van der Waals surface area contributed by atoms with Gasteiger partial charge < -0.3 is 20.6 Å². The highest BCUT2D eigenvalue weighted by atomic mass is 31.2. The van der Waals surface area contributed by atoms with Crippen LogP contribution in [0, 0.1) is 0 Å². The number of carboxylic acid groups (broad SMARTS) is 1. The highest BCUT2D eigenvalue weighted by molar-refractivity contribution is 7.50. The molecule has 1 heterocycles. The highest BCUT2D eigenvalue weighted by Gasteiger charge is 2.19. The molecule has 0 aliphatic rings. The fourth-order valence-corrected chi connectivity index (χ4v) is 2.56. The lowest BCUT2D eigenvalue weighted by Gasteiger charge is -2.11. The number of rotatable bonds is 6. The molecule has 122 valence electrons. The Hall–Kier alpha value is -2.12. The zero-order valence-electron chi connectivity index (χ0n) is 12.0. The number of carbonyl (C=O) groups is 1. The van der Waals surface area contributed by atoms with Crippen molar-refractivity contribution in [3.05, 3.63) is 47.8 Å². The van der Waals surface area contributed by atoms with E-state index >= 15 is 0 Å². The van der Waals surface area contributed by atoms with Crippen LogP contribution in [0.1, 0.15) is 11.4 Å². The molecule has 0 aliphatic carbocycles. The molecule has 0 saturated carbocycles. The molecule has 1 unspecified atom stereocenters. The number of nitrogens with two attached hydrogens (primary N) is 1. The highest BCUT2D eigenvalue weighted by Crippen LogP contribution is 2.38. The second-order valence-electron chi connectivity index (χ2n) is 5.01. The van der Waals surface area contributed by atoms with Crippen LogP contribution in [-0.4, -0.2) is 36.9 Å². The van der Waals surface area contributed by atoms with E-state index < -0.39 is 25.8 Å². The summed E-state index contributed by atoms with van der Waals surface area (Å²) >= 11 is 0. The van der Waals surface area contributed by atoms with Crippen LogP contribution in [-0.2, 0) is 21.9 Å². The van der Waals surface area contributed by atoms with E-state index in [4.69, 9.17) is 20.6 Å². The van der Waals surface area contributed by atoms with Crippen molar-refractivity contribution in [2.75, 3.05) is 0 Å². The summed E-state index contributed by atoms with van der Waals surface area (Å²) in [4.78, 5) is 37.5. The van der Waals surface area contributed by atoms with E-state index in [1.54, 1.807) is 24.3 Å². The number of benzene rings is 1. The molecule has 0 fully saturated rings. The van der Waals surface area contributed by atoms with Gasteiger partial charge >= 0.3 is 13.6 Å². The van der Waals surface area contributed by atoms with Crippen LogP contribution in [0.2, 0.25) is 0 Å². The topological polar surface area (TPSA) is 147 Å². The van der Waals surface area contributed by atoms with Gasteiger partial charge in [0.2, 0.25) is 0 Å². The normalized spacial score (nSPS) is 12.8. The van der Waals surface area contributed by atoms with Crippen molar-refractivity contribution < 1.29 is 24.3 Å². The molecule has 1 aromatic heterocycles. The fourth-order valence-electron chi connectivity index (χ4n) is 1.98. The minimum absolute atomic E-state index is 0.0636. The summed E-state index contributed by atoms with van der Waals surface area (Å²) in [6.07, 6.45) is -0.615. The molecular formula is C14H16N3O5P. The average Bonchev–Trinajstić information content (AvgIpc) is 2.46. The van der Waals surface area contributed by atoms with Crippen LogP contribution in [0.15, 0.2) is 36.4 Å². The third-order valence-corrected chi connectivity index (χ3v) is 3.71. The Kier molecular flexibility index (Phi) is 5.23. The third-order valence-electron chi connectivity index (χ3n) is 2.98. The van der Waals surface area contributed by atoms with Crippen molar-refractivity contribution in [1.82, 2.24) is 9.97 Å². The monoisotopic (exact) mass is 337 g/mol. The number of carboxylic acids is 1. The first-order chi connectivity index (χ1) is 10.7. The van der Waals surface area contributed by atoms with Gasteiger partial charge in [0.1, 0.15) is 6.04 Å². The Morgan fingerprint density at radius 1 is 1.17 bits per heavy atom. The van der Waals surface area contributed by atoms with Gasteiger partial charge in [-0.3, -0.25) is 9.36 Å². The predicted molar refractivity (Wildman–Crippen MR) is 82.5 cm³/mol. The smallest absolute Gasteiger partial charge is 0.331 e. The van der Waals surface area contributed by atoms with Gasteiger partial charge in [-0.25, -0.2) is 9.97 Å². The van der Waals surface area contributed by atoms with Gasteiger partial charge in [0.25, 0.3) is 0 Å². The van der Waals surface area contributed by atoms with Crippen molar-refractivity contribution in [2.24, 2.45) is 5.73 Å². The molecule has 1 aromatic carbocycles. The fraction of sp³-hybridized carbons (Fsp3) is 0.214. The summed E-state index contributed by atoms with van der Waals surface area (Å²) in [6, 6.07) is 9.07. The lowest BCUT2D eigenvalue weighted by atomic mass is 10.1. The molecule has 0 bridgehead atoms. The van der Waals surface area contributed by atoms with Crippen molar-refractivity contribution in [1.29, 1.82) is 0 Å². The minimum Gasteiger partial charge on any atom is -0.480 e. The maximum absolute atomic E-state index is 11.2. The predicted octanol–water partition coefficient (Wildman–Crippen LogP) is 0.776. The summed E-state index contributed by atoms with van der Waals surface area (Å²) in [5, 5.41) is 8.89. The van der Waals surface area contributed by atoms with Crippen LogP contribution in [0.5, 0.6) is 0 Å². The minimum atomic E-state index is -4.31. The van der Waals surface area contributed by atoms with Gasteiger partial charge in [-0.15, -0.1) is 0 Å². The van der Waals surface area contributed by atoms with E-state index in [9.17, 15) is 9.36 Å². The van der Waals surface area contributed by atoms with Crippen LogP contribution in [0.4, 0.5) is 0 Å². The summed E-state index contributed by atoms with van der Waals surface area (Å²) in [7, 11) is -4.31. The Morgan fingerprint density at radius 2 is 1.78 bits per heavy atom. The van der Waals surface area contributed by atoms with Crippen LogP contribution in [0.25, 0.3) is 11.4 Å². The van der Waals surface area contributed by atoms with Gasteiger partial charge in [0, 0.05) is 17.7 Å². The maximum atomic E-state index is 11.2. The average molecular weight is 337 g/mol. The van der Waals surface area contributed by atoms with Gasteiger partial charge in [-0.1, -0.05) is 30.3 Å². The molecule has 0 spiro atoms. The molecule has 23 heavy (non-hydrogen) atoms. The first-order valence-electron chi connectivity index (χ1n) is 6.70. The van der Waals surface area contributed by atoms with E-state index in [2.05, 4.69) is 9.97 Å². The zero-order valence-corrected chi connectivity index (χ0v) is 12.9. The number of nitrogens with zero attached hydrogens (tertiary/aromatic N) is 2. The first-order valence-corrected chi connectivity index (χ1v) is 8.49. The van der Waals surface area contributed by atoms with Crippen LogP contribution >= 0.6 is 7.60 Å². The van der Waals surface area contributed by atoms with E-state index in [1.807, 2.05) is 6.07 Å². The SMILES string of the molecule is NC(Cc1cc(CP(=O)(O)O)nc(-c2ccccc2)n1)C(=O)O. The molecule has 0 amide bonds. The number of aromatic nitrogens is 2. The van der Waals surface area contributed by atoms with E-state index in [0.717, 1.165) is 0 Å². The quantitative estimate of drug-likeness (QED) is 0.565. The molecule has 0 aliphatic heterocycles. The van der Waals surface area contributed by atoms with Gasteiger partial charge in [-0.2, -0.15) is 0 Å². The molecule has 8 nitrogen and oxygen atoms in total. The third kappa shape index (κ3) is 5.22. The molecule has 0 saturated heterocycles. The Labute approximate surface area is 132 Å². The van der Waals surface area contributed by atoms with E-state index in [0.29, 0.717) is 11.3 Å². The Balaban J connectivity index is 2.43. The van der Waals surface area contributed by atoms with Crippen molar-refractivity contribution >= 4 is 13.6 Å². The molecular weight excluding hydrogens is 321 g/mol. The molecule has 9 heteroatoms. The van der Waals surface area contributed by atoms with Crippen molar-refractivity contribution in [2.45, 2.75) is 18.6 Å². The summed E-state index contributed by atoms with van der Waals surface area (Å²) in [5.74, 6) is -0.912. The number of hydrogen-bond donors (Lipinski definition) is 4. The lowest BCUT2D eigenvalue weighted by molar-refractivity contribution is -0.138. The van der Waals surface area contributed by atoms with Crippen LogP contribution in [0.3, 0.4) is 0 Å². The van der Waals surface area contributed by atoms with Crippen molar-refractivity contribution in [3.8, 4) is 11.4 Å².